The van der Waals surface area contributed by atoms with Crippen molar-refractivity contribution in [1.82, 2.24) is 19.5 Å². The highest BCUT2D eigenvalue weighted by Gasteiger charge is 2.36. The molecule has 164 valence electrons. The van der Waals surface area contributed by atoms with E-state index in [0.29, 0.717) is 24.5 Å². The highest BCUT2D eigenvalue weighted by molar-refractivity contribution is 7.14. The molecule has 1 aliphatic heterocycles. The van der Waals surface area contributed by atoms with Gasteiger partial charge in [0.05, 0.1) is 10.6 Å². The Labute approximate surface area is 181 Å². The van der Waals surface area contributed by atoms with Gasteiger partial charge in [-0.15, -0.1) is 11.3 Å². The number of alkyl halides is 3. The maximum Gasteiger partial charge on any atom is 0.433 e. The number of likely N-dealkylation sites (tertiary alicyclic amines) is 1. The van der Waals surface area contributed by atoms with Gasteiger partial charge < -0.3 is 4.90 Å². The molecule has 9 heteroatoms. The van der Waals surface area contributed by atoms with Crippen molar-refractivity contribution < 1.29 is 18.0 Å². The van der Waals surface area contributed by atoms with E-state index in [4.69, 9.17) is 0 Å². The first-order valence-electron chi connectivity index (χ1n) is 10.6. The van der Waals surface area contributed by atoms with Crippen molar-refractivity contribution in [3.05, 3.63) is 50.6 Å². The second-order valence-electron chi connectivity index (χ2n) is 8.48. The molecule has 3 aromatic rings. The third kappa shape index (κ3) is 3.84. The van der Waals surface area contributed by atoms with Crippen molar-refractivity contribution in [1.29, 1.82) is 0 Å². The van der Waals surface area contributed by atoms with Crippen molar-refractivity contribution in [3.8, 4) is 0 Å². The highest BCUT2D eigenvalue weighted by atomic mass is 32.1. The zero-order valence-corrected chi connectivity index (χ0v) is 18.0. The molecule has 1 atom stereocenters. The van der Waals surface area contributed by atoms with E-state index in [1.807, 2.05) is 11.0 Å². The quantitative estimate of drug-likeness (QED) is 0.553. The summed E-state index contributed by atoms with van der Waals surface area (Å²) in [5.74, 6) is -0.0757. The smallest absolute Gasteiger partial charge is 0.337 e. The molecule has 0 N–H and O–H groups in total. The number of piperidine rings is 1. The van der Waals surface area contributed by atoms with Gasteiger partial charge in [0.25, 0.3) is 5.91 Å². The average Bonchev–Trinajstić information content (AvgIpc) is 3.36. The summed E-state index contributed by atoms with van der Waals surface area (Å²) in [6.45, 7) is 2.67. The van der Waals surface area contributed by atoms with E-state index in [9.17, 15) is 18.0 Å². The minimum atomic E-state index is -4.51. The molecule has 0 saturated carbocycles. The van der Waals surface area contributed by atoms with Crippen LogP contribution in [0.15, 0.2) is 18.2 Å². The van der Waals surface area contributed by atoms with Gasteiger partial charge in [0.2, 0.25) is 0 Å². The molecular formula is C22H23F3N4OS. The predicted octanol–water partition coefficient (Wildman–Crippen LogP) is 5.02. The first-order valence-corrected chi connectivity index (χ1v) is 11.5. The molecule has 0 bridgehead atoms. The number of aromatic nitrogens is 3. The number of aryl methyl sites for hydroxylation is 3. The summed E-state index contributed by atoms with van der Waals surface area (Å²) in [7, 11) is 0. The molecule has 1 aliphatic carbocycles. The standard InChI is InChI=1S/C22H23F3N4OS/c1-13-9-19(22(23,24)25)29-20(26-13)11-16(27-29)15-6-4-8-28(12-15)21(30)18-10-14-5-2-3-7-17(14)31-18/h9-11,15H,2-8,12H2,1H3/t15-/m0/s1. The molecule has 5 rings (SSSR count). The number of amides is 1. The van der Waals surface area contributed by atoms with Crippen LogP contribution in [0.1, 0.15) is 68.8 Å². The van der Waals surface area contributed by atoms with Crippen LogP contribution in [0.5, 0.6) is 0 Å². The number of hydrogen-bond acceptors (Lipinski definition) is 4. The van der Waals surface area contributed by atoms with Crippen LogP contribution in [0.4, 0.5) is 13.2 Å². The first-order chi connectivity index (χ1) is 14.8. The maximum atomic E-state index is 13.5. The number of carbonyl (C=O) groups excluding carboxylic acids is 1. The fourth-order valence-electron chi connectivity index (χ4n) is 4.67. The van der Waals surface area contributed by atoms with Gasteiger partial charge in [-0.25, -0.2) is 9.50 Å². The van der Waals surface area contributed by atoms with Gasteiger partial charge >= 0.3 is 6.18 Å². The number of fused-ring (bicyclic) bond motifs is 2. The van der Waals surface area contributed by atoms with E-state index in [1.54, 1.807) is 24.3 Å². The lowest BCUT2D eigenvalue weighted by atomic mass is 9.94. The van der Waals surface area contributed by atoms with Gasteiger partial charge in [0.15, 0.2) is 5.65 Å². The van der Waals surface area contributed by atoms with E-state index >= 15 is 0 Å². The molecule has 5 nitrogen and oxygen atoms in total. The molecule has 0 unspecified atom stereocenters. The number of thiophene rings is 1. The Morgan fingerprint density at radius 1 is 1.16 bits per heavy atom. The van der Waals surface area contributed by atoms with Crippen molar-refractivity contribution >= 4 is 22.9 Å². The number of carbonyl (C=O) groups is 1. The van der Waals surface area contributed by atoms with Gasteiger partial charge in [-0.05, 0) is 63.1 Å². The van der Waals surface area contributed by atoms with Crippen LogP contribution < -0.4 is 0 Å². The Hall–Kier alpha value is -2.42. The molecule has 3 aromatic heterocycles. The summed E-state index contributed by atoms with van der Waals surface area (Å²) in [5, 5.41) is 4.26. The molecular weight excluding hydrogens is 425 g/mol. The van der Waals surface area contributed by atoms with Gasteiger partial charge in [-0.3, -0.25) is 4.79 Å². The molecule has 1 amide bonds. The maximum absolute atomic E-state index is 13.5. The Balaban J connectivity index is 1.41. The number of rotatable bonds is 2. The van der Waals surface area contributed by atoms with Crippen LogP contribution in [0.2, 0.25) is 0 Å². The molecule has 2 aliphatic rings. The highest BCUT2D eigenvalue weighted by Crippen LogP contribution is 2.34. The largest absolute Gasteiger partial charge is 0.433 e. The van der Waals surface area contributed by atoms with Crippen molar-refractivity contribution in [3.63, 3.8) is 0 Å². The second kappa shape index (κ2) is 7.62. The topological polar surface area (TPSA) is 50.5 Å². The van der Waals surface area contributed by atoms with Crippen molar-refractivity contribution in [2.45, 2.75) is 57.5 Å². The van der Waals surface area contributed by atoms with Crippen LogP contribution in [-0.2, 0) is 19.0 Å². The minimum Gasteiger partial charge on any atom is -0.337 e. The zero-order chi connectivity index (χ0) is 21.8. The number of hydrogen-bond donors (Lipinski definition) is 0. The molecule has 1 saturated heterocycles. The molecule has 0 spiro atoms. The van der Waals surface area contributed by atoms with Crippen LogP contribution in [0.3, 0.4) is 0 Å². The number of nitrogens with zero attached hydrogens (tertiary/aromatic N) is 4. The average molecular weight is 449 g/mol. The van der Waals surface area contributed by atoms with Gasteiger partial charge in [0.1, 0.15) is 5.69 Å². The van der Waals surface area contributed by atoms with E-state index in [2.05, 4.69) is 10.1 Å². The Bertz CT molecular complexity index is 1130. The van der Waals surface area contributed by atoms with Crippen LogP contribution in [0.25, 0.3) is 5.65 Å². The van der Waals surface area contributed by atoms with Crippen LogP contribution in [0, 0.1) is 6.92 Å². The lowest BCUT2D eigenvalue weighted by molar-refractivity contribution is -0.142. The predicted molar refractivity (Wildman–Crippen MR) is 112 cm³/mol. The Kier molecular flexibility index (Phi) is 5.03. The Morgan fingerprint density at radius 3 is 2.74 bits per heavy atom. The van der Waals surface area contributed by atoms with Gasteiger partial charge in [-0.2, -0.15) is 18.3 Å². The van der Waals surface area contributed by atoms with E-state index in [0.717, 1.165) is 41.1 Å². The summed E-state index contributed by atoms with van der Waals surface area (Å²) in [6, 6.07) is 4.68. The lowest BCUT2D eigenvalue weighted by Crippen LogP contribution is -2.38. The molecule has 0 aromatic carbocycles. The summed E-state index contributed by atoms with van der Waals surface area (Å²) in [6.07, 6.45) is 1.51. The SMILES string of the molecule is Cc1cc(C(F)(F)F)n2nc([C@H]3CCCN(C(=O)c4cc5c(s4)CCCC5)C3)cc2n1. The summed E-state index contributed by atoms with van der Waals surface area (Å²) < 4.78 is 41.3. The molecule has 1 fully saturated rings. The van der Waals surface area contributed by atoms with E-state index < -0.39 is 11.9 Å². The van der Waals surface area contributed by atoms with Crippen molar-refractivity contribution in [2.24, 2.45) is 0 Å². The summed E-state index contributed by atoms with van der Waals surface area (Å²) in [5.41, 5.74) is 1.53. The van der Waals surface area contributed by atoms with Gasteiger partial charge in [0, 0.05) is 35.6 Å². The third-order valence-electron chi connectivity index (χ3n) is 6.20. The molecule has 4 heterocycles. The second-order valence-corrected chi connectivity index (χ2v) is 9.61. The van der Waals surface area contributed by atoms with Crippen LogP contribution in [-0.4, -0.2) is 38.5 Å². The van der Waals surface area contributed by atoms with E-state index in [1.165, 1.54) is 23.3 Å². The third-order valence-corrected chi connectivity index (χ3v) is 7.42. The zero-order valence-electron chi connectivity index (χ0n) is 17.2. The molecule has 0 radical (unpaired) electrons. The summed E-state index contributed by atoms with van der Waals surface area (Å²) in [4.78, 5) is 21.3. The fraction of sp³-hybridized carbons (Fsp3) is 0.500. The van der Waals surface area contributed by atoms with E-state index in [-0.39, 0.29) is 17.5 Å². The van der Waals surface area contributed by atoms with Crippen LogP contribution >= 0.6 is 11.3 Å². The Morgan fingerprint density at radius 2 is 1.97 bits per heavy atom. The molecule has 31 heavy (non-hydrogen) atoms. The number of halogens is 3. The fourth-order valence-corrected chi connectivity index (χ4v) is 5.90. The monoisotopic (exact) mass is 448 g/mol. The normalized spacial score (nSPS) is 19.6. The minimum absolute atomic E-state index is 0.0258. The summed E-state index contributed by atoms with van der Waals surface area (Å²) >= 11 is 1.60. The lowest BCUT2D eigenvalue weighted by Gasteiger charge is -2.31. The van der Waals surface area contributed by atoms with Crippen molar-refractivity contribution in [2.75, 3.05) is 13.1 Å². The first kappa shape index (κ1) is 20.5. The van der Waals surface area contributed by atoms with Gasteiger partial charge in [-0.1, -0.05) is 0 Å².